The lowest BCUT2D eigenvalue weighted by Gasteiger charge is -2.33. The zero-order chi connectivity index (χ0) is 17.5. The summed E-state index contributed by atoms with van der Waals surface area (Å²) in [5.41, 5.74) is 6.76. The number of aliphatic imine (C=N–C) groups is 1. The molecule has 1 amide bonds. The van der Waals surface area contributed by atoms with Crippen LogP contribution in [0.25, 0.3) is 0 Å². The summed E-state index contributed by atoms with van der Waals surface area (Å²) in [7, 11) is 3.17. The highest BCUT2D eigenvalue weighted by Gasteiger charge is 2.26. The van der Waals surface area contributed by atoms with Crippen molar-refractivity contribution >= 4 is 41.8 Å². The number of hydrogen-bond acceptors (Lipinski definition) is 4. The largest absolute Gasteiger partial charge is 0.469 e. The van der Waals surface area contributed by atoms with Gasteiger partial charge in [-0.15, -0.1) is 24.0 Å². The summed E-state index contributed by atoms with van der Waals surface area (Å²) in [5, 5.41) is 3.31. The van der Waals surface area contributed by atoms with Gasteiger partial charge in [-0.25, -0.2) is 0 Å². The fraction of sp³-hybridized carbons (Fsp3) is 0.471. The Morgan fingerprint density at radius 2 is 1.88 bits per heavy atom. The number of rotatable bonds is 4. The number of halogens is 1. The van der Waals surface area contributed by atoms with Gasteiger partial charge in [-0.05, 0) is 30.5 Å². The van der Waals surface area contributed by atoms with Crippen molar-refractivity contribution in [3.8, 4) is 0 Å². The second kappa shape index (κ2) is 10.2. The summed E-state index contributed by atoms with van der Waals surface area (Å²) in [5.74, 6) is 0.217. The molecular weight excluding hydrogens is 435 g/mol. The van der Waals surface area contributed by atoms with Crippen LogP contribution in [-0.4, -0.2) is 50.0 Å². The van der Waals surface area contributed by atoms with Crippen LogP contribution in [0, 0.1) is 5.92 Å². The van der Waals surface area contributed by atoms with Gasteiger partial charge in [0.1, 0.15) is 0 Å². The van der Waals surface area contributed by atoms with Crippen molar-refractivity contribution in [2.75, 3.05) is 27.2 Å². The van der Waals surface area contributed by atoms with Gasteiger partial charge < -0.3 is 20.7 Å². The first-order chi connectivity index (χ1) is 11.5. The highest BCUT2D eigenvalue weighted by molar-refractivity contribution is 14.0. The number of esters is 1. The third kappa shape index (κ3) is 5.87. The number of amides is 1. The highest BCUT2D eigenvalue weighted by Crippen LogP contribution is 2.18. The summed E-state index contributed by atoms with van der Waals surface area (Å²) in [6, 6.07) is 7.15. The van der Waals surface area contributed by atoms with E-state index in [0.29, 0.717) is 12.1 Å². The summed E-state index contributed by atoms with van der Waals surface area (Å²) in [4.78, 5) is 29.1. The molecule has 0 spiro atoms. The van der Waals surface area contributed by atoms with E-state index >= 15 is 0 Å². The molecular formula is C17H25IN4O3. The van der Waals surface area contributed by atoms with Crippen molar-refractivity contribution in [2.24, 2.45) is 16.6 Å². The fourth-order valence-electron chi connectivity index (χ4n) is 2.79. The zero-order valence-corrected chi connectivity index (χ0v) is 16.9. The predicted molar refractivity (Wildman–Crippen MR) is 107 cm³/mol. The second-order valence-corrected chi connectivity index (χ2v) is 5.75. The molecule has 0 atom stereocenters. The van der Waals surface area contributed by atoms with Gasteiger partial charge in [0.15, 0.2) is 5.96 Å². The Morgan fingerprint density at radius 1 is 1.28 bits per heavy atom. The molecule has 0 radical (unpaired) electrons. The molecule has 7 nitrogen and oxygen atoms in total. The number of benzene rings is 1. The molecule has 1 heterocycles. The molecule has 138 valence electrons. The minimum absolute atomic E-state index is 0. The molecule has 25 heavy (non-hydrogen) atoms. The Kier molecular flexibility index (Phi) is 8.67. The number of primary amides is 1. The number of hydrogen-bond donors (Lipinski definition) is 2. The first-order valence-electron chi connectivity index (χ1n) is 7.97. The van der Waals surface area contributed by atoms with E-state index in [9.17, 15) is 9.59 Å². The Labute approximate surface area is 165 Å². The lowest BCUT2D eigenvalue weighted by Crippen LogP contribution is -2.46. The molecule has 1 aromatic carbocycles. The molecule has 0 aromatic heterocycles. The average Bonchev–Trinajstić information content (AvgIpc) is 2.62. The number of carbonyl (C=O) groups excluding carboxylic acids is 2. The number of guanidine groups is 1. The number of piperidine rings is 1. The molecule has 0 unspecified atom stereocenters. The Morgan fingerprint density at radius 3 is 2.36 bits per heavy atom. The van der Waals surface area contributed by atoms with Gasteiger partial charge in [-0.3, -0.25) is 14.6 Å². The monoisotopic (exact) mass is 460 g/mol. The average molecular weight is 460 g/mol. The van der Waals surface area contributed by atoms with Crippen LogP contribution in [0.3, 0.4) is 0 Å². The lowest BCUT2D eigenvalue weighted by atomic mass is 9.97. The van der Waals surface area contributed by atoms with E-state index in [1.807, 2.05) is 12.1 Å². The fourth-order valence-corrected chi connectivity index (χ4v) is 2.79. The number of nitrogens with one attached hydrogen (secondary N) is 1. The Balaban J connectivity index is 0.00000312. The zero-order valence-electron chi connectivity index (χ0n) is 14.5. The van der Waals surface area contributed by atoms with Crippen LogP contribution in [0.15, 0.2) is 29.3 Å². The van der Waals surface area contributed by atoms with E-state index in [1.165, 1.54) is 7.11 Å². The molecule has 3 N–H and O–H groups in total. The summed E-state index contributed by atoms with van der Waals surface area (Å²) in [6.07, 6.45) is 1.53. The normalized spacial score (nSPS) is 15.3. The standard InChI is InChI=1S/C17H24N4O3.HI/c1-19-17(21-9-7-14(8-10-21)16(23)24-2)20-11-12-3-5-13(6-4-12)15(18)22;/h3-6,14H,7-11H2,1-2H3,(H2,18,22)(H,19,20);1H. The highest BCUT2D eigenvalue weighted by atomic mass is 127. The van der Waals surface area contributed by atoms with Crippen LogP contribution in [-0.2, 0) is 16.1 Å². The van der Waals surface area contributed by atoms with Crippen LogP contribution in [0.1, 0.15) is 28.8 Å². The maximum absolute atomic E-state index is 11.6. The molecule has 0 aliphatic carbocycles. The van der Waals surface area contributed by atoms with E-state index in [0.717, 1.165) is 37.5 Å². The molecule has 1 saturated heterocycles. The minimum Gasteiger partial charge on any atom is -0.469 e. The number of methoxy groups -OCH3 is 1. The molecule has 1 aliphatic rings. The van der Waals surface area contributed by atoms with Crippen LogP contribution in [0.4, 0.5) is 0 Å². The molecule has 8 heteroatoms. The molecule has 0 saturated carbocycles. The first-order valence-corrected chi connectivity index (χ1v) is 7.97. The lowest BCUT2D eigenvalue weighted by molar-refractivity contribution is -0.146. The minimum atomic E-state index is -0.432. The van der Waals surface area contributed by atoms with Gasteiger partial charge in [-0.2, -0.15) is 0 Å². The summed E-state index contributed by atoms with van der Waals surface area (Å²) < 4.78 is 4.81. The van der Waals surface area contributed by atoms with E-state index in [4.69, 9.17) is 10.5 Å². The number of nitrogens with two attached hydrogens (primary N) is 1. The van der Waals surface area contributed by atoms with Crippen LogP contribution >= 0.6 is 24.0 Å². The SMILES string of the molecule is CN=C(NCc1ccc(C(N)=O)cc1)N1CCC(C(=O)OC)CC1.I. The van der Waals surface area contributed by atoms with Crippen molar-refractivity contribution in [2.45, 2.75) is 19.4 Å². The molecule has 1 aliphatic heterocycles. The van der Waals surface area contributed by atoms with E-state index in [1.54, 1.807) is 19.2 Å². The van der Waals surface area contributed by atoms with E-state index in [-0.39, 0.29) is 35.9 Å². The molecule has 1 aromatic rings. The van der Waals surface area contributed by atoms with Crippen molar-refractivity contribution in [3.63, 3.8) is 0 Å². The first kappa shape index (κ1) is 21.2. The number of nitrogens with zero attached hydrogens (tertiary/aromatic N) is 2. The van der Waals surface area contributed by atoms with Crippen LogP contribution in [0.2, 0.25) is 0 Å². The second-order valence-electron chi connectivity index (χ2n) is 5.75. The summed E-state index contributed by atoms with van der Waals surface area (Å²) >= 11 is 0. The number of carbonyl (C=O) groups is 2. The van der Waals surface area contributed by atoms with Gasteiger partial charge in [0.25, 0.3) is 0 Å². The third-order valence-electron chi connectivity index (χ3n) is 4.23. The Hall–Kier alpha value is -1.84. The quantitative estimate of drug-likeness (QED) is 0.306. The van der Waals surface area contributed by atoms with Gasteiger partial charge in [-0.1, -0.05) is 12.1 Å². The molecule has 2 rings (SSSR count). The van der Waals surface area contributed by atoms with E-state index < -0.39 is 5.91 Å². The summed E-state index contributed by atoms with van der Waals surface area (Å²) in [6.45, 7) is 2.13. The van der Waals surface area contributed by atoms with Crippen molar-refractivity contribution in [3.05, 3.63) is 35.4 Å². The van der Waals surface area contributed by atoms with Crippen LogP contribution in [0.5, 0.6) is 0 Å². The van der Waals surface area contributed by atoms with Gasteiger partial charge >= 0.3 is 5.97 Å². The van der Waals surface area contributed by atoms with Crippen molar-refractivity contribution in [1.82, 2.24) is 10.2 Å². The van der Waals surface area contributed by atoms with E-state index in [2.05, 4.69) is 15.2 Å². The molecule has 0 bridgehead atoms. The maximum atomic E-state index is 11.6. The van der Waals surface area contributed by atoms with Crippen molar-refractivity contribution in [1.29, 1.82) is 0 Å². The van der Waals surface area contributed by atoms with Crippen molar-refractivity contribution < 1.29 is 14.3 Å². The van der Waals surface area contributed by atoms with Crippen LogP contribution < -0.4 is 11.1 Å². The number of likely N-dealkylation sites (tertiary alicyclic amines) is 1. The third-order valence-corrected chi connectivity index (χ3v) is 4.23. The topological polar surface area (TPSA) is 97.0 Å². The Bertz CT molecular complexity index is 611. The van der Waals surface area contributed by atoms with Gasteiger partial charge in [0.05, 0.1) is 13.0 Å². The molecule has 1 fully saturated rings. The smallest absolute Gasteiger partial charge is 0.308 e. The maximum Gasteiger partial charge on any atom is 0.308 e. The van der Waals surface area contributed by atoms with Gasteiger partial charge in [0, 0.05) is 32.2 Å². The number of ether oxygens (including phenoxy) is 1. The van der Waals surface area contributed by atoms with Gasteiger partial charge in [0.2, 0.25) is 5.91 Å². The predicted octanol–water partition coefficient (Wildman–Crippen LogP) is 1.36.